The molecule has 2 rings (SSSR count). The quantitative estimate of drug-likeness (QED) is 0.516. The molecule has 0 aliphatic carbocycles. The molecule has 0 aliphatic rings. The Hall–Kier alpha value is -2.43. The second-order valence-electron chi connectivity index (χ2n) is 7.72. The number of methoxy groups -OCH3 is 2. The molecule has 28 heavy (non-hydrogen) atoms. The molecule has 0 amide bonds. The summed E-state index contributed by atoms with van der Waals surface area (Å²) in [6.45, 7) is 8.25. The first-order valence-electron chi connectivity index (χ1n) is 9.41. The molecule has 2 aromatic rings. The number of benzene rings is 2. The van der Waals surface area contributed by atoms with Crippen LogP contribution in [0.2, 0.25) is 0 Å². The summed E-state index contributed by atoms with van der Waals surface area (Å²) >= 11 is 0. The van der Waals surface area contributed by atoms with Crippen molar-refractivity contribution >= 4 is 5.97 Å². The van der Waals surface area contributed by atoms with E-state index in [9.17, 15) is 9.18 Å². The van der Waals surface area contributed by atoms with Crippen LogP contribution in [0.3, 0.4) is 0 Å². The Morgan fingerprint density at radius 3 is 2.36 bits per heavy atom. The highest BCUT2D eigenvalue weighted by Crippen LogP contribution is 2.44. The maximum atomic E-state index is 15.2. The predicted octanol–water partition coefficient (Wildman–Crippen LogP) is 6.36. The molecule has 0 fully saturated rings. The second kappa shape index (κ2) is 8.72. The number of halogens is 2. The zero-order chi connectivity index (χ0) is 21.1. The van der Waals surface area contributed by atoms with Crippen LogP contribution in [0.15, 0.2) is 30.3 Å². The summed E-state index contributed by atoms with van der Waals surface area (Å²) in [7, 11) is 2.72. The minimum Gasteiger partial charge on any atom is -0.497 e. The number of esters is 1. The first-order chi connectivity index (χ1) is 13.2. The van der Waals surface area contributed by atoms with Gasteiger partial charge in [0.25, 0.3) is 0 Å². The molecule has 2 aromatic carbocycles. The Bertz CT molecular complexity index is 859. The molecule has 0 saturated heterocycles. The molecule has 0 spiro atoms. The van der Waals surface area contributed by atoms with Crippen LogP contribution in [0.5, 0.6) is 5.75 Å². The Morgan fingerprint density at radius 2 is 1.79 bits per heavy atom. The third-order valence-electron chi connectivity index (χ3n) is 5.52. The van der Waals surface area contributed by atoms with Gasteiger partial charge in [0.2, 0.25) is 0 Å². The molecular formula is C23H28F2O3. The van der Waals surface area contributed by atoms with E-state index in [0.29, 0.717) is 11.3 Å². The first-order valence-corrected chi connectivity index (χ1v) is 9.41. The van der Waals surface area contributed by atoms with Crippen molar-refractivity contribution in [3.63, 3.8) is 0 Å². The molecule has 0 N–H and O–H groups in total. The second-order valence-corrected chi connectivity index (χ2v) is 7.72. The van der Waals surface area contributed by atoms with E-state index in [0.717, 1.165) is 18.9 Å². The summed E-state index contributed by atoms with van der Waals surface area (Å²) in [5.41, 5.74) is 0.773. The average molecular weight is 390 g/mol. The molecular weight excluding hydrogens is 362 g/mol. The van der Waals surface area contributed by atoms with Crippen LogP contribution < -0.4 is 4.74 Å². The van der Waals surface area contributed by atoms with E-state index in [1.807, 2.05) is 6.92 Å². The molecule has 1 unspecified atom stereocenters. The minimum absolute atomic E-state index is 0.112. The minimum atomic E-state index is -0.663. The average Bonchev–Trinajstić information content (AvgIpc) is 2.66. The van der Waals surface area contributed by atoms with E-state index < -0.39 is 17.6 Å². The number of hydrogen-bond donors (Lipinski definition) is 0. The van der Waals surface area contributed by atoms with Gasteiger partial charge in [-0.3, -0.25) is 0 Å². The zero-order valence-electron chi connectivity index (χ0n) is 17.4. The third kappa shape index (κ3) is 4.34. The summed E-state index contributed by atoms with van der Waals surface area (Å²) in [6.07, 6.45) is 1.86. The smallest absolute Gasteiger partial charge is 0.337 e. The molecule has 0 saturated carbocycles. The standard InChI is InChI=1S/C23H28F2O3/c1-7-10-23(3,4)14(2)17-11-15(22(26)28-6)12-20(25)21(17)18-13-16(27-5)8-9-19(18)24/h8-9,11-14H,7,10H2,1-6H3. The highest BCUT2D eigenvalue weighted by molar-refractivity contribution is 5.91. The summed E-state index contributed by atoms with van der Waals surface area (Å²) in [5, 5.41) is 0. The van der Waals surface area contributed by atoms with Gasteiger partial charge in [0.1, 0.15) is 17.4 Å². The van der Waals surface area contributed by atoms with Crippen LogP contribution in [-0.4, -0.2) is 20.2 Å². The highest BCUT2D eigenvalue weighted by atomic mass is 19.1. The van der Waals surface area contributed by atoms with Gasteiger partial charge in [-0.1, -0.05) is 34.1 Å². The van der Waals surface area contributed by atoms with E-state index in [1.165, 1.54) is 32.4 Å². The summed E-state index contributed by atoms with van der Waals surface area (Å²) in [6, 6.07) is 6.94. The van der Waals surface area contributed by atoms with Gasteiger partial charge in [0.15, 0.2) is 0 Å². The lowest BCUT2D eigenvalue weighted by atomic mass is 9.71. The van der Waals surface area contributed by atoms with Crippen molar-refractivity contribution in [1.29, 1.82) is 0 Å². The van der Waals surface area contributed by atoms with Gasteiger partial charge in [-0.25, -0.2) is 13.6 Å². The van der Waals surface area contributed by atoms with E-state index in [4.69, 9.17) is 9.47 Å². The fourth-order valence-electron chi connectivity index (χ4n) is 3.59. The number of rotatable bonds is 7. The van der Waals surface area contributed by atoms with E-state index in [2.05, 4.69) is 20.8 Å². The van der Waals surface area contributed by atoms with Crippen LogP contribution in [0.1, 0.15) is 62.4 Å². The number of ether oxygens (including phenoxy) is 2. The fraction of sp³-hybridized carbons (Fsp3) is 0.435. The number of hydrogen-bond acceptors (Lipinski definition) is 3. The lowest BCUT2D eigenvalue weighted by Gasteiger charge is -2.33. The van der Waals surface area contributed by atoms with Gasteiger partial charge in [-0.05, 0) is 53.6 Å². The van der Waals surface area contributed by atoms with Crippen LogP contribution in [0.25, 0.3) is 11.1 Å². The SMILES string of the molecule is CCCC(C)(C)C(C)c1cc(C(=O)OC)cc(F)c1-c1cc(OC)ccc1F. The maximum absolute atomic E-state index is 15.2. The van der Waals surface area contributed by atoms with E-state index in [-0.39, 0.29) is 28.0 Å². The van der Waals surface area contributed by atoms with Crippen molar-refractivity contribution in [3.8, 4) is 16.9 Å². The molecule has 0 heterocycles. The first kappa shape index (κ1) is 21.9. The van der Waals surface area contributed by atoms with E-state index in [1.54, 1.807) is 6.07 Å². The van der Waals surface area contributed by atoms with Gasteiger partial charge >= 0.3 is 5.97 Å². The topological polar surface area (TPSA) is 35.5 Å². The number of carbonyl (C=O) groups is 1. The van der Waals surface area contributed by atoms with Crippen LogP contribution in [0.4, 0.5) is 8.78 Å². The van der Waals surface area contributed by atoms with Gasteiger partial charge in [0, 0.05) is 11.1 Å². The zero-order valence-corrected chi connectivity index (χ0v) is 17.4. The van der Waals surface area contributed by atoms with Crippen molar-refractivity contribution in [2.45, 2.75) is 46.5 Å². The van der Waals surface area contributed by atoms with Crippen LogP contribution >= 0.6 is 0 Å². The molecule has 0 bridgehead atoms. The Morgan fingerprint density at radius 1 is 1.11 bits per heavy atom. The van der Waals surface area contributed by atoms with Crippen molar-refractivity contribution in [2.75, 3.05) is 14.2 Å². The van der Waals surface area contributed by atoms with Gasteiger partial charge in [-0.15, -0.1) is 0 Å². The molecule has 0 aromatic heterocycles. The highest BCUT2D eigenvalue weighted by Gasteiger charge is 2.31. The fourth-order valence-corrected chi connectivity index (χ4v) is 3.59. The van der Waals surface area contributed by atoms with Gasteiger partial charge in [-0.2, -0.15) is 0 Å². The Kier molecular flexibility index (Phi) is 6.81. The lowest BCUT2D eigenvalue weighted by molar-refractivity contribution is 0.0600. The summed E-state index contributed by atoms with van der Waals surface area (Å²) in [4.78, 5) is 12.0. The lowest BCUT2D eigenvalue weighted by Crippen LogP contribution is -2.21. The summed E-state index contributed by atoms with van der Waals surface area (Å²) < 4.78 is 39.9. The maximum Gasteiger partial charge on any atom is 0.337 e. The molecule has 0 radical (unpaired) electrons. The molecule has 1 atom stereocenters. The molecule has 3 nitrogen and oxygen atoms in total. The monoisotopic (exact) mass is 390 g/mol. The van der Waals surface area contributed by atoms with Gasteiger partial charge in [0.05, 0.1) is 19.8 Å². The summed E-state index contributed by atoms with van der Waals surface area (Å²) in [5.74, 6) is -1.54. The van der Waals surface area contributed by atoms with Crippen molar-refractivity contribution in [3.05, 3.63) is 53.1 Å². The largest absolute Gasteiger partial charge is 0.497 e. The van der Waals surface area contributed by atoms with Crippen LogP contribution in [-0.2, 0) is 4.74 Å². The van der Waals surface area contributed by atoms with Gasteiger partial charge < -0.3 is 9.47 Å². The molecule has 5 heteroatoms. The van der Waals surface area contributed by atoms with Crippen molar-refractivity contribution in [1.82, 2.24) is 0 Å². The van der Waals surface area contributed by atoms with Crippen molar-refractivity contribution < 1.29 is 23.0 Å². The third-order valence-corrected chi connectivity index (χ3v) is 5.52. The normalized spacial score (nSPS) is 12.6. The Labute approximate surface area is 165 Å². The Balaban J connectivity index is 2.79. The molecule has 0 aliphatic heterocycles. The molecule has 152 valence electrons. The van der Waals surface area contributed by atoms with Crippen LogP contribution in [0, 0.1) is 17.0 Å². The van der Waals surface area contributed by atoms with Crippen molar-refractivity contribution in [2.24, 2.45) is 5.41 Å². The predicted molar refractivity (Wildman–Crippen MR) is 107 cm³/mol. The number of carbonyl (C=O) groups excluding carboxylic acids is 1. The van der Waals surface area contributed by atoms with E-state index >= 15 is 4.39 Å².